The molecule has 4 nitrogen and oxygen atoms in total. The Balaban J connectivity index is 2.60. The third-order valence-electron chi connectivity index (χ3n) is 1.76. The highest BCUT2D eigenvalue weighted by atomic mass is 35.5. The summed E-state index contributed by atoms with van der Waals surface area (Å²) in [6.07, 6.45) is -0.0660. The van der Waals surface area contributed by atoms with Crippen molar-refractivity contribution in [3.63, 3.8) is 0 Å². The number of nitrogens with two attached hydrogens (primary N) is 1. The molecule has 15 heavy (non-hydrogen) atoms. The van der Waals surface area contributed by atoms with E-state index in [0.29, 0.717) is 9.21 Å². The van der Waals surface area contributed by atoms with Gasteiger partial charge in [-0.1, -0.05) is 11.6 Å². The van der Waals surface area contributed by atoms with Crippen molar-refractivity contribution in [2.24, 2.45) is 5.73 Å². The minimum Gasteiger partial charge on any atom is -0.468 e. The number of methoxy groups -OCH3 is 1. The van der Waals surface area contributed by atoms with Gasteiger partial charge in [-0.15, -0.1) is 11.3 Å². The Labute approximate surface area is 96.0 Å². The molecule has 0 aliphatic rings. The molecular weight excluding hydrogens is 238 g/mol. The number of ether oxygens (including phenoxy) is 1. The average Bonchev–Trinajstić information content (AvgIpc) is 2.63. The number of Topliss-reactive ketones (excluding diaryl/α,β-unsaturated/α-hetero) is 1. The quantitative estimate of drug-likeness (QED) is 0.646. The Hall–Kier alpha value is -0.910. The third kappa shape index (κ3) is 3.30. The summed E-state index contributed by atoms with van der Waals surface area (Å²) in [7, 11) is 1.23. The molecule has 0 aliphatic carbocycles. The van der Waals surface area contributed by atoms with Crippen molar-refractivity contribution in [2.45, 2.75) is 12.5 Å². The van der Waals surface area contributed by atoms with Gasteiger partial charge in [0.25, 0.3) is 0 Å². The first-order valence-corrected chi connectivity index (χ1v) is 5.36. The first-order chi connectivity index (χ1) is 7.04. The fourth-order valence-corrected chi connectivity index (χ4v) is 1.99. The molecule has 0 saturated carbocycles. The van der Waals surface area contributed by atoms with Gasteiger partial charge in [0, 0.05) is 6.42 Å². The number of hydrogen-bond acceptors (Lipinski definition) is 5. The Morgan fingerprint density at radius 2 is 2.27 bits per heavy atom. The van der Waals surface area contributed by atoms with E-state index in [9.17, 15) is 9.59 Å². The van der Waals surface area contributed by atoms with E-state index in [2.05, 4.69) is 4.74 Å². The van der Waals surface area contributed by atoms with Gasteiger partial charge in [0.1, 0.15) is 6.04 Å². The normalized spacial score (nSPS) is 12.2. The zero-order chi connectivity index (χ0) is 11.4. The highest BCUT2D eigenvalue weighted by Gasteiger charge is 2.19. The van der Waals surface area contributed by atoms with Gasteiger partial charge in [-0.05, 0) is 12.1 Å². The molecule has 0 spiro atoms. The van der Waals surface area contributed by atoms with E-state index >= 15 is 0 Å². The van der Waals surface area contributed by atoms with Crippen molar-refractivity contribution < 1.29 is 14.3 Å². The summed E-state index contributed by atoms with van der Waals surface area (Å²) in [6.45, 7) is 0. The molecule has 0 aromatic carbocycles. The van der Waals surface area contributed by atoms with Crippen molar-refractivity contribution in [1.82, 2.24) is 0 Å². The summed E-state index contributed by atoms with van der Waals surface area (Å²) >= 11 is 6.84. The number of carbonyl (C=O) groups is 2. The molecule has 0 saturated heterocycles. The summed E-state index contributed by atoms with van der Waals surface area (Å²) in [5.41, 5.74) is 5.45. The molecule has 0 bridgehead atoms. The second-order valence-corrected chi connectivity index (χ2v) is 4.58. The lowest BCUT2D eigenvalue weighted by atomic mass is 10.1. The van der Waals surface area contributed by atoms with Crippen LogP contribution in [0.1, 0.15) is 16.1 Å². The van der Waals surface area contributed by atoms with Gasteiger partial charge in [-0.2, -0.15) is 0 Å². The number of thiophene rings is 1. The van der Waals surface area contributed by atoms with Gasteiger partial charge in [0.05, 0.1) is 16.3 Å². The molecule has 82 valence electrons. The maximum absolute atomic E-state index is 11.6. The highest BCUT2D eigenvalue weighted by molar-refractivity contribution is 7.18. The van der Waals surface area contributed by atoms with Gasteiger partial charge in [0.2, 0.25) is 0 Å². The minimum absolute atomic E-state index is 0.0660. The van der Waals surface area contributed by atoms with Crippen LogP contribution in [0.3, 0.4) is 0 Å². The summed E-state index contributed by atoms with van der Waals surface area (Å²) in [5, 5.41) is 0. The predicted molar refractivity (Wildman–Crippen MR) is 58.3 cm³/mol. The fraction of sp³-hybridized carbons (Fsp3) is 0.333. The largest absolute Gasteiger partial charge is 0.468 e. The van der Waals surface area contributed by atoms with E-state index in [1.54, 1.807) is 12.1 Å². The smallest absolute Gasteiger partial charge is 0.323 e. The molecule has 1 unspecified atom stereocenters. The van der Waals surface area contributed by atoms with Crippen LogP contribution in [-0.2, 0) is 9.53 Å². The molecular formula is C9H10ClNO3S. The second-order valence-electron chi connectivity index (χ2n) is 2.86. The van der Waals surface area contributed by atoms with Gasteiger partial charge in [-0.25, -0.2) is 0 Å². The van der Waals surface area contributed by atoms with Crippen molar-refractivity contribution in [3.05, 3.63) is 21.3 Å². The Kier molecular flexibility index (Phi) is 4.26. The zero-order valence-corrected chi connectivity index (χ0v) is 9.60. The molecule has 1 rings (SSSR count). The van der Waals surface area contributed by atoms with Crippen LogP contribution in [0.25, 0.3) is 0 Å². The summed E-state index contributed by atoms with van der Waals surface area (Å²) in [5.74, 6) is -0.796. The molecule has 0 aliphatic heterocycles. The van der Waals surface area contributed by atoms with E-state index in [1.807, 2.05) is 0 Å². The van der Waals surface area contributed by atoms with Crippen LogP contribution >= 0.6 is 22.9 Å². The number of esters is 1. The summed E-state index contributed by atoms with van der Waals surface area (Å²) < 4.78 is 4.95. The number of carbonyl (C=O) groups excluding carboxylic acids is 2. The fourth-order valence-electron chi connectivity index (χ4n) is 0.999. The van der Waals surface area contributed by atoms with Crippen molar-refractivity contribution in [1.29, 1.82) is 0 Å². The molecule has 0 fully saturated rings. The number of hydrogen-bond donors (Lipinski definition) is 1. The molecule has 1 aromatic heterocycles. The predicted octanol–water partition coefficient (Wildman–Crippen LogP) is 1.47. The Morgan fingerprint density at radius 3 is 2.73 bits per heavy atom. The second kappa shape index (κ2) is 5.25. The van der Waals surface area contributed by atoms with Crippen LogP contribution in [0, 0.1) is 0 Å². The van der Waals surface area contributed by atoms with Crippen LogP contribution in [-0.4, -0.2) is 24.9 Å². The first kappa shape index (κ1) is 12.2. The lowest BCUT2D eigenvalue weighted by Crippen LogP contribution is -2.33. The van der Waals surface area contributed by atoms with E-state index in [-0.39, 0.29) is 12.2 Å². The molecule has 1 aromatic rings. The van der Waals surface area contributed by atoms with Crippen LogP contribution in [0.15, 0.2) is 12.1 Å². The zero-order valence-electron chi connectivity index (χ0n) is 8.03. The maximum atomic E-state index is 11.6. The van der Waals surface area contributed by atoms with E-state index < -0.39 is 12.0 Å². The van der Waals surface area contributed by atoms with Crippen LogP contribution in [0.4, 0.5) is 0 Å². The van der Waals surface area contributed by atoms with Crippen LogP contribution in [0.5, 0.6) is 0 Å². The minimum atomic E-state index is -0.914. The molecule has 1 atom stereocenters. The summed E-state index contributed by atoms with van der Waals surface area (Å²) in [4.78, 5) is 23.0. The molecule has 0 amide bonds. The highest BCUT2D eigenvalue weighted by Crippen LogP contribution is 2.22. The van der Waals surface area contributed by atoms with E-state index in [1.165, 1.54) is 18.4 Å². The third-order valence-corrected chi connectivity index (χ3v) is 3.03. The van der Waals surface area contributed by atoms with Gasteiger partial charge in [0.15, 0.2) is 5.78 Å². The Morgan fingerprint density at radius 1 is 1.60 bits per heavy atom. The monoisotopic (exact) mass is 247 g/mol. The standard InChI is InChI=1S/C9H10ClNO3S/c1-14-9(13)5(11)4-6(12)7-2-3-8(10)15-7/h2-3,5H,4,11H2,1H3. The van der Waals surface area contributed by atoms with Gasteiger partial charge in [-0.3, -0.25) is 9.59 Å². The van der Waals surface area contributed by atoms with Crippen molar-refractivity contribution >= 4 is 34.7 Å². The maximum Gasteiger partial charge on any atom is 0.323 e. The van der Waals surface area contributed by atoms with Gasteiger partial charge < -0.3 is 10.5 Å². The lowest BCUT2D eigenvalue weighted by Gasteiger charge is -2.06. The molecule has 1 heterocycles. The van der Waals surface area contributed by atoms with Crippen LogP contribution in [0.2, 0.25) is 4.34 Å². The van der Waals surface area contributed by atoms with Gasteiger partial charge >= 0.3 is 5.97 Å². The van der Waals surface area contributed by atoms with Crippen LogP contribution < -0.4 is 5.73 Å². The molecule has 2 N–H and O–H groups in total. The topological polar surface area (TPSA) is 69.4 Å². The van der Waals surface area contributed by atoms with E-state index in [0.717, 1.165) is 0 Å². The number of halogens is 1. The van der Waals surface area contributed by atoms with Crippen molar-refractivity contribution in [2.75, 3.05) is 7.11 Å². The number of ketones is 1. The first-order valence-electron chi connectivity index (χ1n) is 4.16. The average molecular weight is 248 g/mol. The molecule has 6 heteroatoms. The molecule has 0 radical (unpaired) electrons. The Bertz CT molecular complexity index is 377. The summed E-state index contributed by atoms with van der Waals surface area (Å²) in [6, 6.07) is 2.33. The van der Waals surface area contributed by atoms with E-state index in [4.69, 9.17) is 17.3 Å². The SMILES string of the molecule is COC(=O)C(N)CC(=O)c1ccc(Cl)s1. The lowest BCUT2D eigenvalue weighted by molar-refractivity contribution is -0.142. The number of rotatable bonds is 4. The van der Waals surface area contributed by atoms with Crippen molar-refractivity contribution in [3.8, 4) is 0 Å².